The number of aliphatic carboxylic acids is 1. The minimum atomic E-state index is -1.79. The molecule has 134 valence electrons. The van der Waals surface area contributed by atoms with E-state index in [9.17, 15) is 24.0 Å². The zero-order valence-electron chi connectivity index (χ0n) is 13.0. The summed E-state index contributed by atoms with van der Waals surface area (Å²) in [5.74, 6) is -3.96. The third-order valence-corrected chi connectivity index (χ3v) is 2.76. The molecule has 4 unspecified atom stereocenters. The Morgan fingerprint density at radius 2 is 1.62 bits per heavy atom. The summed E-state index contributed by atoms with van der Waals surface area (Å²) in [6.45, 7) is 2.59. The van der Waals surface area contributed by atoms with Crippen molar-refractivity contribution in [2.45, 2.75) is 45.2 Å². The van der Waals surface area contributed by atoms with Gasteiger partial charge in [0.2, 0.25) is 6.10 Å². The second-order valence-electron chi connectivity index (χ2n) is 4.73. The topological polar surface area (TPSA) is 152 Å². The molecule has 0 aromatic carbocycles. The monoisotopic (exact) mass is 348 g/mol. The van der Waals surface area contributed by atoms with Gasteiger partial charge in [0, 0.05) is 20.8 Å². The molecule has 0 aromatic heterocycles. The standard InChI is InChI=1S/C13H16O11/c1-5(14)20-4-8(21-6(2)15)9(22-7(3)16)10-11(12(17)18)24-13(19)23-10/h8-11H,4H2,1-3H3,(H,17,18). The highest BCUT2D eigenvalue weighted by atomic mass is 16.8. The summed E-state index contributed by atoms with van der Waals surface area (Å²) in [4.78, 5) is 55.9. The predicted molar refractivity (Wildman–Crippen MR) is 70.5 cm³/mol. The van der Waals surface area contributed by atoms with Gasteiger partial charge in [0.25, 0.3) is 0 Å². The highest BCUT2D eigenvalue weighted by Crippen LogP contribution is 2.24. The Balaban J connectivity index is 3.11. The number of cyclic esters (lactones) is 2. The SMILES string of the molecule is CC(=O)OCC(OC(C)=O)C(OC(C)=O)C1OC(=O)OC1C(=O)O. The lowest BCUT2D eigenvalue weighted by Crippen LogP contribution is -2.51. The van der Waals surface area contributed by atoms with Gasteiger partial charge in [-0.25, -0.2) is 9.59 Å². The van der Waals surface area contributed by atoms with Gasteiger partial charge in [0.1, 0.15) is 6.61 Å². The first-order valence-corrected chi connectivity index (χ1v) is 6.69. The zero-order valence-corrected chi connectivity index (χ0v) is 13.0. The van der Waals surface area contributed by atoms with Gasteiger partial charge in [-0.3, -0.25) is 14.4 Å². The zero-order chi connectivity index (χ0) is 18.4. The van der Waals surface area contributed by atoms with Gasteiger partial charge >= 0.3 is 30.0 Å². The molecule has 11 heteroatoms. The molecule has 4 atom stereocenters. The number of esters is 3. The van der Waals surface area contributed by atoms with Crippen molar-refractivity contribution in [2.75, 3.05) is 6.61 Å². The largest absolute Gasteiger partial charge is 0.509 e. The molecule has 0 amide bonds. The Labute approximate surface area is 135 Å². The van der Waals surface area contributed by atoms with Gasteiger partial charge in [-0.05, 0) is 0 Å². The van der Waals surface area contributed by atoms with Crippen LogP contribution in [0.1, 0.15) is 20.8 Å². The molecule has 11 nitrogen and oxygen atoms in total. The lowest BCUT2D eigenvalue weighted by molar-refractivity contribution is -0.184. The third kappa shape index (κ3) is 5.41. The maximum Gasteiger partial charge on any atom is 0.509 e. The summed E-state index contributed by atoms with van der Waals surface area (Å²) in [5.41, 5.74) is 0. The average molecular weight is 348 g/mol. The van der Waals surface area contributed by atoms with E-state index in [0.29, 0.717) is 0 Å². The highest BCUT2D eigenvalue weighted by Gasteiger charge is 2.51. The van der Waals surface area contributed by atoms with E-state index >= 15 is 0 Å². The van der Waals surface area contributed by atoms with E-state index in [-0.39, 0.29) is 0 Å². The molecule has 1 N–H and O–H groups in total. The molecule has 0 spiro atoms. The fraction of sp³-hybridized carbons (Fsp3) is 0.615. The van der Waals surface area contributed by atoms with Crippen LogP contribution in [0.2, 0.25) is 0 Å². The lowest BCUT2D eigenvalue weighted by Gasteiger charge is -2.29. The van der Waals surface area contributed by atoms with Crippen LogP contribution in [0.4, 0.5) is 4.79 Å². The molecular formula is C13H16O11. The average Bonchev–Trinajstić information content (AvgIpc) is 2.82. The van der Waals surface area contributed by atoms with Crippen molar-refractivity contribution in [2.24, 2.45) is 0 Å². The van der Waals surface area contributed by atoms with Crippen LogP contribution >= 0.6 is 0 Å². The molecule has 1 heterocycles. The van der Waals surface area contributed by atoms with E-state index in [1.165, 1.54) is 0 Å². The number of carboxylic acid groups (broad SMARTS) is 1. The molecule has 1 rings (SSSR count). The van der Waals surface area contributed by atoms with Crippen molar-refractivity contribution in [3.8, 4) is 0 Å². The van der Waals surface area contributed by atoms with Crippen molar-refractivity contribution in [3.63, 3.8) is 0 Å². The predicted octanol–water partition coefficient (Wildman–Crippen LogP) is -0.598. The molecule has 0 radical (unpaired) electrons. The van der Waals surface area contributed by atoms with Crippen molar-refractivity contribution < 1.29 is 52.8 Å². The second kappa shape index (κ2) is 8.13. The number of hydrogen-bond donors (Lipinski definition) is 1. The van der Waals surface area contributed by atoms with Crippen molar-refractivity contribution in [1.82, 2.24) is 0 Å². The van der Waals surface area contributed by atoms with E-state index in [0.717, 1.165) is 20.8 Å². The van der Waals surface area contributed by atoms with E-state index in [4.69, 9.17) is 24.1 Å². The van der Waals surface area contributed by atoms with Gasteiger partial charge in [0.15, 0.2) is 18.3 Å². The maximum absolute atomic E-state index is 11.3. The quantitative estimate of drug-likeness (QED) is 0.463. The van der Waals surface area contributed by atoms with Gasteiger partial charge in [-0.15, -0.1) is 0 Å². The highest BCUT2D eigenvalue weighted by molar-refractivity contribution is 5.79. The molecule has 0 saturated carbocycles. The number of rotatable bonds is 7. The normalized spacial score (nSPS) is 21.7. The molecule has 1 fully saturated rings. The third-order valence-electron chi connectivity index (χ3n) is 2.76. The summed E-state index contributed by atoms with van der Waals surface area (Å²) in [6, 6.07) is 0. The molecular weight excluding hydrogens is 332 g/mol. The number of carboxylic acids is 1. The van der Waals surface area contributed by atoms with E-state index in [1.807, 2.05) is 0 Å². The van der Waals surface area contributed by atoms with Crippen LogP contribution in [-0.2, 0) is 42.9 Å². The van der Waals surface area contributed by atoms with Gasteiger partial charge in [-0.2, -0.15) is 0 Å². The smallest absolute Gasteiger partial charge is 0.478 e. The van der Waals surface area contributed by atoms with E-state index < -0.39 is 61.1 Å². The minimum Gasteiger partial charge on any atom is -0.478 e. The van der Waals surface area contributed by atoms with Crippen LogP contribution in [0.15, 0.2) is 0 Å². The summed E-state index contributed by atoms with van der Waals surface area (Å²) in [7, 11) is 0. The Hall–Kier alpha value is -2.85. The van der Waals surface area contributed by atoms with Crippen LogP contribution in [0.5, 0.6) is 0 Å². The summed E-state index contributed by atoms with van der Waals surface area (Å²) in [5, 5.41) is 9.08. The van der Waals surface area contributed by atoms with Crippen LogP contribution in [0.3, 0.4) is 0 Å². The molecule has 0 bridgehead atoms. The molecule has 1 saturated heterocycles. The number of ether oxygens (including phenoxy) is 5. The molecule has 24 heavy (non-hydrogen) atoms. The first kappa shape index (κ1) is 19.2. The molecule has 1 aliphatic rings. The lowest BCUT2D eigenvalue weighted by atomic mass is 10.0. The van der Waals surface area contributed by atoms with Gasteiger partial charge < -0.3 is 28.8 Å². The van der Waals surface area contributed by atoms with E-state index in [2.05, 4.69) is 4.74 Å². The molecule has 0 aromatic rings. The first-order chi connectivity index (χ1) is 11.1. The summed E-state index contributed by atoms with van der Waals surface area (Å²) < 4.78 is 23.7. The second-order valence-corrected chi connectivity index (χ2v) is 4.73. The fourth-order valence-electron chi connectivity index (χ4n) is 1.96. The Kier molecular flexibility index (Phi) is 6.50. The van der Waals surface area contributed by atoms with Gasteiger partial charge in [-0.1, -0.05) is 0 Å². The van der Waals surface area contributed by atoms with Crippen molar-refractivity contribution in [1.29, 1.82) is 0 Å². The Bertz CT molecular complexity index is 540. The van der Waals surface area contributed by atoms with Crippen LogP contribution in [-0.4, -0.2) is 66.2 Å². The van der Waals surface area contributed by atoms with Gasteiger partial charge in [0.05, 0.1) is 0 Å². The Morgan fingerprint density at radius 1 is 1.04 bits per heavy atom. The summed E-state index contributed by atoms with van der Waals surface area (Å²) >= 11 is 0. The molecule has 0 aliphatic carbocycles. The minimum absolute atomic E-state index is 0.548. The number of hydrogen-bond acceptors (Lipinski definition) is 10. The van der Waals surface area contributed by atoms with Crippen LogP contribution < -0.4 is 0 Å². The molecule has 1 aliphatic heterocycles. The first-order valence-electron chi connectivity index (χ1n) is 6.69. The van der Waals surface area contributed by atoms with Crippen molar-refractivity contribution in [3.05, 3.63) is 0 Å². The van der Waals surface area contributed by atoms with Crippen LogP contribution in [0, 0.1) is 0 Å². The number of carbonyl (C=O) groups is 5. The van der Waals surface area contributed by atoms with E-state index in [1.54, 1.807) is 0 Å². The summed E-state index contributed by atoms with van der Waals surface area (Å²) in [6.07, 6.45) is -7.65. The Morgan fingerprint density at radius 3 is 2.08 bits per heavy atom. The fourth-order valence-corrected chi connectivity index (χ4v) is 1.96. The number of carbonyl (C=O) groups excluding carboxylic acids is 4. The van der Waals surface area contributed by atoms with Crippen LogP contribution in [0.25, 0.3) is 0 Å². The maximum atomic E-state index is 11.3. The van der Waals surface area contributed by atoms with Crippen molar-refractivity contribution >= 4 is 30.0 Å².